The Morgan fingerprint density at radius 1 is 1.00 bits per heavy atom. The third-order valence-corrected chi connectivity index (χ3v) is 9.29. The van der Waals surface area contributed by atoms with Crippen molar-refractivity contribution in [2.45, 2.75) is 37.1 Å². The number of likely N-dealkylation sites (tertiary alicyclic amines) is 1. The summed E-state index contributed by atoms with van der Waals surface area (Å²) in [5.41, 5.74) is 5.78. The second kappa shape index (κ2) is 12.8. The Morgan fingerprint density at radius 2 is 1.68 bits per heavy atom. The average Bonchev–Trinajstić information content (AvgIpc) is 3.06. The largest absolute Gasteiger partial charge is 0.436 e. The summed E-state index contributed by atoms with van der Waals surface area (Å²) in [5.74, 6) is -0.526. The van der Waals surface area contributed by atoms with Crippen LogP contribution >= 0.6 is 11.6 Å². The summed E-state index contributed by atoms with van der Waals surface area (Å²) in [6, 6.07) is 12.9. The molecule has 3 aliphatic rings. The molecule has 4 heterocycles. The number of benzene rings is 2. The number of pyridine rings is 1. The summed E-state index contributed by atoms with van der Waals surface area (Å²) in [6.07, 6.45) is -3.19. The van der Waals surface area contributed by atoms with E-state index in [1.54, 1.807) is 17.3 Å². The molecule has 0 unspecified atom stereocenters. The number of carbonyl (C=O) groups is 3. The summed E-state index contributed by atoms with van der Waals surface area (Å²) in [4.78, 5) is 49.0. The second-order valence-corrected chi connectivity index (χ2v) is 12.2. The third-order valence-electron chi connectivity index (χ3n) is 8.97. The number of anilines is 3. The van der Waals surface area contributed by atoms with E-state index < -0.39 is 41.1 Å². The molecule has 6 rings (SSSR count). The van der Waals surface area contributed by atoms with Crippen molar-refractivity contribution < 1.29 is 32.3 Å². The first-order valence-electron chi connectivity index (χ1n) is 15.2. The molecule has 0 radical (unpaired) electrons. The smallest absolute Gasteiger partial charge is 0.418 e. The molecule has 1 atom stereocenters. The number of ether oxygens (including phenoxy) is 1. The van der Waals surface area contributed by atoms with Crippen LogP contribution in [0.3, 0.4) is 0 Å². The van der Waals surface area contributed by atoms with Crippen LogP contribution in [0.15, 0.2) is 60.9 Å². The first-order chi connectivity index (χ1) is 22.4. The van der Waals surface area contributed by atoms with Crippen molar-refractivity contribution in [1.29, 1.82) is 0 Å². The van der Waals surface area contributed by atoms with Gasteiger partial charge in [0.25, 0.3) is 5.91 Å². The van der Waals surface area contributed by atoms with Gasteiger partial charge in [0.05, 0.1) is 21.8 Å². The highest BCUT2D eigenvalue weighted by molar-refractivity contribution is 6.33. The zero-order valence-corrected chi connectivity index (χ0v) is 26.0. The highest BCUT2D eigenvalue weighted by atomic mass is 35.5. The highest BCUT2D eigenvalue weighted by Gasteiger charge is 2.44. The monoisotopic (exact) mass is 671 g/mol. The zero-order valence-electron chi connectivity index (χ0n) is 25.2. The van der Waals surface area contributed by atoms with Crippen LogP contribution in [-0.4, -0.2) is 78.2 Å². The molecule has 2 aromatic carbocycles. The van der Waals surface area contributed by atoms with Crippen molar-refractivity contribution in [1.82, 2.24) is 20.1 Å². The minimum Gasteiger partial charge on any atom is -0.436 e. The molecule has 1 aromatic heterocycles. The van der Waals surface area contributed by atoms with Crippen LogP contribution in [0.25, 0.3) is 0 Å². The van der Waals surface area contributed by atoms with Gasteiger partial charge in [0, 0.05) is 75.0 Å². The number of nitrogens with two attached hydrogens (primary N) is 1. The number of piperazine rings is 1. The second-order valence-electron chi connectivity index (χ2n) is 11.8. The molecule has 47 heavy (non-hydrogen) atoms. The molecular formula is C32H33ClF3N7O4. The SMILES string of the molecule is Nc1c(Cl)cc(C[C@@H](OC(=O)N2CCC3(CC2)NC(=O)Nc2ccccc23)C(=O)N2CCN(c3ccncc3)CC2)cc1C(F)(F)F. The Kier molecular flexibility index (Phi) is 8.79. The Labute approximate surface area is 273 Å². The fourth-order valence-electron chi connectivity index (χ4n) is 6.47. The van der Waals surface area contributed by atoms with Gasteiger partial charge in [0.15, 0.2) is 6.10 Å². The molecule has 0 saturated carbocycles. The number of rotatable bonds is 5. The number of aromatic nitrogens is 1. The average molecular weight is 672 g/mol. The number of halogens is 4. The summed E-state index contributed by atoms with van der Waals surface area (Å²) in [7, 11) is 0. The lowest BCUT2D eigenvalue weighted by molar-refractivity contribution is -0.141. The Hall–Kier alpha value is -4.72. The molecule has 11 nitrogen and oxygen atoms in total. The molecule has 3 aromatic rings. The first kappa shape index (κ1) is 32.2. The Balaban J connectivity index is 1.19. The fraction of sp³-hybridized carbons (Fsp3) is 0.375. The predicted molar refractivity (Wildman–Crippen MR) is 169 cm³/mol. The highest BCUT2D eigenvalue weighted by Crippen LogP contribution is 2.40. The topological polar surface area (TPSA) is 133 Å². The van der Waals surface area contributed by atoms with Gasteiger partial charge in [0.1, 0.15) is 0 Å². The van der Waals surface area contributed by atoms with Crippen molar-refractivity contribution in [3.8, 4) is 0 Å². The van der Waals surface area contributed by atoms with E-state index in [2.05, 4.69) is 20.5 Å². The molecule has 4 N–H and O–H groups in total. The Bertz CT molecular complexity index is 1660. The van der Waals surface area contributed by atoms with E-state index in [1.807, 2.05) is 36.4 Å². The van der Waals surface area contributed by atoms with Crippen LogP contribution in [0.2, 0.25) is 5.02 Å². The lowest BCUT2D eigenvalue weighted by Gasteiger charge is -2.45. The van der Waals surface area contributed by atoms with E-state index in [1.165, 1.54) is 11.0 Å². The standard InChI is InChI=1S/C32H33ClF3N7O4/c33-24-18-20(17-23(27(24)37)32(34,35)36)19-26(28(44)42-15-13-41(14-16-42)21-5-9-38-10-6-21)47-30(46)43-11-7-31(8-12-43)22-3-1-2-4-25(22)39-29(45)40-31/h1-6,9-10,17-18,26H,7-8,11-16,19,37H2,(H2,39,40,45)/t26-/m1/s1. The lowest BCUT2D eigenvalue weighted by atomic mass is 9.79. The minimum atomic E-state index is -4.78. The van der Waals surface area contributed by atoms with E-state index in [0.717, 1.165) is 17.3 Å². The van der Waals surface area contributed by atoms with Crippen LogP contribution in [0.1, 0.15) is 29.5 Å². The third kappa shape index (κ3) is 6.73. The van der Waals surface area contributed by atoms with Crippen molar-refractivity contribution in [2.24, 2.45) is 0 Å². The van der Waals surface area contributed by atoms with Gasteiger partial charge in [-0.05, 0) is 48.7 Å². The van der Waals surface area contributed by atoms with Crippen LogP contribution in [0.4, 0.5) is 39.8 Å². The molecule has 2 saturated heterocycles. The minimum absolute atomic E-state index is 0.0460. The maximum absolute atomic E-state index is 13.9. The predicted octanol–water partition coefficient (Wildman–Crippen LogP) is 4.86. The van der Waals surface area contributed by atoms with Crippen molar-refractivity contribution >= 4 is 46.7 Å². The zero-order chi connectivity index (χ0) is 33.3. The lowest BCUT2D eigenvalue weighted by Crippen LogP contribution is -2.58. The van der Waals surface area contributed by atoms with Gasteiger partial charge in [-0.15, -0.1) is 0 Å². The number of amides is 4. The molecule has 3 aliphatic heterocycles. The fourth-order valence-corrected chi connectivity index (χ4v) is 6.71. The number of hydrogen-bond donors (Lipinski definition) is 3. The normalized spacial score (nSPS) is 18.2. The maximum Gasteiger partial charge on any atom is 0.418 e. The van der Waals surface area contributed by atoms with E-state index in [-0.39, 0.29) is 36.1 Å². The first-order valence-corrected chi connectivity index (χ1v) is 15.5. The van der Waals surface area contributed by atoms with Crippen molar-refractivity contribution in [2.75, 3.05) is 55.2 Å². The summed E-state index contributed by atoms with van der Waals surface area (Å²) >= 11 is 6.07. The number of hydrogen-bond acceptors (Lipinski definition) is 7. The molecule has 1 spiro atoms. The number of fused-ring (bicyclic) bond motifs is 2. The molecule has 0 aliphatic carbocycles. The molecule has 15 heteroatoms. The number of carbonyl (C=O) groups excluding carboxylic acids is 3. The number of nitrogen functional groups attached to an aromatic ring is 1. The number of nitrogens with one attached hydrogen (secondary N) is 2. The van der Waals surface area contributed by atoms with E-state index in [0.29, 0.717) is 44.7 Å². The van der Waals surface area contributed by atoms with E-state index in [4.69, 9.17) is 22.1 Å². The van der Waals surface area contributed by atoms with E-state index >= 15 is 0 Å². The van der Waals surface area contributed by atoms with Gasteiger partial charge in [-0.1, -0.05) is 29.8 Å². The van der Waals surface area contributed by atoms with Gasteiger partial charge in [-0.25, -0.2) is 9.59 Å². The quantitative estimate of drug-likeness (QED) is 0.330. The number of urea groups is 1. The molecule has 0 bridgehead atoms. The van der Waals surface area contributed by atoms with Crippen LogP contribution in [0, 0.1) is 0 Å². The van der Waals surface area contributed by atoms with Crippen molar-refractivity contribution in [3.05, 3.63) is 82.6 Å². The number of piperidine rings is 1. The van der Waals surface area contributed by atoms with Gasteiger partial charge in [-0.3, -0.25) is 9.78 Å². The van der Waals surface area contributed by atoms with Crippen LogP contribution in [-0.2, 0) is 27.7 Å². The molecular weight excluding hydrogens is 639 g/mol. The summed E-state index contributed by atoms with van der Waals surface area (Å²) in [6.45, 7) is 2.04. The maximum atomic E-state index is 13.9. The number of nitrogens with zero attached hydrogens (tertiary/aromatic N) is 4. The van der Waals surface area contributed by atoms with Crippen LogP contribution in [0.5, 0.6) is 0 Å². The van der Waals surface area contributed by atoms with Crippen LogP contribution < -0.4 is 21.3 Å². The van der Waals surface area contributed by atoms with Gasteiger partial charge in [-0.2, -0.15) is 13.2 Å². The summed E-state index contributed by atoms with van der Waals surface area (Å²) in [5, 5.41) is 5.50. The molecule has 248 valence electrons. The number of para-hydroxylation sites is 1. The van der Waals surface area contributed by atoms with Gasteiger partial charge >= 0.3 is 18.3 Å². The number of alkyl halides is 3. The Morgan fingerprint density at radius 3 is 2.36 bits per heavy atom. The summed E-state index contributed by atoms with van der Waals surface area (Å²) < 4.78 is 47.0. The van der Waals surface area contributed by atoms with E-state index in [9.17, 15) is 27.6 Å². The van der Waals surface area contributed by atoms with Crippen molar-refractivity contribution in [3.63, 3.8) is 0 Å². The van der Waals surface area contributed by atoms with Gasteiger partial charge < -0.3 is 35.8 Å². The van der Waals surface area contributed by atoms with Gasteiger partial charge in [0.2, 0.25) is 0 Å². The molecule has 4 amide bonds. The molecule has 2 fully saturated rings.